The van der Waals surface area contributed by atoms with E-state index in [0.29, 0.717) is 28.9 Å². The zero-order valence-electron chi connectivity index (χ0n) is 11.2. The van der Waals surface area contributed by atoms with E-state index in [2.05, 4.69) is 0 Å². The molecule has 0 fully saturated rings. The highest BCUT2D eigenvalue weighted by Crippen LogP contribution is 2.35. The van der Waals surface area contributed by atoms with Crippen molar-refractivity contribution in [3.63, 3.8) is 0 Å². The van der Waals surface area contributed by atoms with Crippen LogP contribution in [0.25, 0.3) is 11.0 Å². The van der Waals surface area contributed by atoms with Crippen molar-refractivity contribution in [1.82, 2.24) is 0 Å². The van der Waals surface area contributed by atoms with Crippen molar-refractivity contribution < 1.29 is 14.3 Å². The van der Waals surface area contributed by atoms with Gasteiger partial charge in [-0.1, -0.05) is 0 Å². The maximum atomic E-state index is 11.9. The van der Waals surface area contributed by atoms with E-state index < -0.39 is 5.60 Å². The summed E-state index contributed by atoms with van der Waals surface area (Å²) >= 11 is 0. The molecule has 0 aliphatic carbocycles. The summed E-state index contributed by atoms with van der Waals surface area (Å²) in [6.45, 7) is 5.18. The molecular weight excluding hydrogens is 244 g/mol. The van der Waals surface area contributed by atoms with Gasteiger partial charge in [0.15, 0.2) is 5.43 Å². The van der Waals surface area contributed by atoms with Crippen molar-refractivity contribution >= 4 is 11.0 Å². The fourth-order valence-electron chi connectivity index (χ4n) is 2.41. The SMILES string of the molecule is Cc1cc(=O)c2cc3c(cc2o1)O[C@@H](C(C)(C)O)C3. The van der Waals surface area contributed by atoms with E-state index in [9.17, 15) is 9.90 Å². The number of hydrogen-bond acceptors (Lipinski definition) is 4. The van der Waals surface area contributed by atoms with Gasteiger partial charge in [-0.15, -0.1) is 0 Å². The van der Waals surface area contributed by atoms with Gasteiger partial charge in [0, 0.05) is 18.6 Å². The summed E-state index contributed by atoms with van der Waals surface area (Å²) in [5.41, 5.74) is 0.502. The van der Waals surface area contributed by atoms with Crippen LogP contribution in [-0.2, 0) is 6.42 Å². The molecule has 3 rings (SSSR count). The van der Waals surface area contributed by atoms with Gasteiger partial charge in [-0.05, 0) is 32.4 Å². The standard InChI is InChI=1S/C15H16O4/c1-8-4-11(16)10-5-9-6-14(15(2,3)17)19-12(9)7-13(10)18-8/h4-5,7,14,17H,6H2,1-3H3/t14-/m1/s1. The van der Waals surface area contributed by atoms with E-state index in [1.54, 1.807) is 26.8 Å². The summed E-state index contributed by atoms with van der Waals surface area (Å²) in [4.78, 5) is 11.9. The van der Waals surface area contributed by atoms with Crippen LogP contribution in [0.1, 0.15) is 25.2 Å². The molecule has 1 aromatic heterocycles. The average molecular weight is 260 g/mol. The molecule has 0 bridgehead atoms. The van der Waals surface area contributed by atoms with Crippen LogP contribution in [0.15, 0.2) is 27.4 Å². The van der Waals surface area contributed by atoms with E-state index in [4.69, 9.17) is 9.15 Å². The molecule has 1 aromatic carbocycles. The van der Waals surface area contributed by atoms with Gasteiger partial charge in [-0.3, -0.25) is 4.79 Å². The normalized spacial score (nSPS) is 18.4. The Morgan fingerprint density at radius 1 is 1.32 bits per heavy atom. The largest absolute Gasteiger partial charge is 0.487 e. The number of rotatable bonds is 1. The minimum atomic E-state index is -0.918. The van der Waals surface area contributed by atoms with Crippen LogP contribution in [0.2, 0.25) is 0 Å². The lowest BCUT2D eigenvalue weighted by atomic mass is 9.97. The molecule has 1 aliphatic heterocycles. The first-order valence-electron chi connectivity index (χ1n) is 6.31. The Hall–Kier alpha value is -1.81. The van der Waals surface area contributed by atoms with E-state index in [-0.39, 0.29) is 11.5 Å². The lowest BCUT2D eigenvalue weighted by Crippen LogP contribution is -2.39. The van der Waals surface area contributed by atoms with Crippen molar-refractivity contribution in [3.8, 4) is 5.75 Å². The molecule has 1 N–H and O–H groups in total. The van der Waals surface area contributed by atoms with E-state index in [1.807, 2.05) is 6.07 Å². The van der Waals surface area contributed by atoms with Gasteiger partial charge in [-0.25, -0.2) is 0 Å². The summed E-state index contributed by atoms with van der Waals surface area (Å²) in [5, 5.41) is 10.6. The maximum absolute atomic E-state index is 11.9. The Morgan fingerprint density at radius 3 is 2.74 bits per heavy atom. The molecule has 0 saturated heterocycles. The Bertz CT molecular complexity index is 706. The molecule has 1 aliphatic rings. The predicted octanol–water partition coefficient (Wildman–Crippen LogP) is 2.18. The first-order valence-corrected chi connectivity index (χ1v) is 6.31. The first kappa shape index (κ1) is 12.2. The maximum Gasteiger partial charge on any atom is 0.192 e. The van der Waals surface area contributed by atoms with Crippen LogP contribution in [0.4, 0.5) is 0 Å². The Morgan fingerprint density at radius 2 is 2.05 bits per heavy atom. The van der Waals surface area contributed by atoms with Gasteiger partial charge < -0.3 is 14.3 Å². The number of fused-ring (bicyclic) bond motifs is 2. The smallest absolute Gasteiger partial charge is 0.192 e. The highest BCUT2D eigenvalue weighted by atomic mass is 16.5. The molecule has 0 radical (unpaired) electrons. The molecule has 1 atom stereocenters. The van der Waals surface area contributed by atoms with Crippen LogP contribution < -0.4 is 10.2 Å². The molecule has 4 heteroatoms. The van der Waals surface area contributed by atoms with Gasteiger partial charge >= 0.3 is 0 Å². The molecule has 0 spiro atoms. The summed E-state index contributed by atoms with van der Waals surface area (Å²) in [6.07, 6.45) is 0.303. The Kier molecular flexibility index (Phi) is 2.47. The quantitative estimate of drug-likeness (QED) is 0.853. The van der Waals surface area contributed by atoms with Crippen LogP contribution in [0, 0.1) is 6.92 Å². The van der Waals surface area contributed by atoms with Gasteiger partial charge in [0.25, 0.3) is 0 Å². The zero-order chi connectivity index (χ0) is 13.8. The third kappa shape index (κ3) is 2.02. The first-order chi connectivity index (χ1) is 8.84. The number of ether oxygens (including phenoxy) is 1. The third-order valence-corrected chi connectivity index (χ3v) is 3.50. The Balaban J connectivity index is 2.14. The molecule has 0 unspecified atom stereocenters. The molecule has 0 amide bonds. The molecule has 4 nitrogen and oxygen atoms in total. The second-order valence-corrected chi connectivity index (χ2v) is 5.64. The summed E-state index contributed by atoms with van der Waals surface area (Å²) in [6, 6.07) is 5.03. The molecule has 100 valence electrons. The summed E-state index contributed by atoms with van der Waals surface area (Å²) < 4.78 is 11.3. The Labute approximate surface area is 110 Å². The monoisotopic (exact) mass is 260 g/mol. The van der Waals surface area contributed by atoms with Gasteiger partial charge in [0.05, 0.1) is 11.0 Å². The second-order valence-electron chi connectivity index (χ2n) is 5.64. The second kappa shape index (κ2) is 3.84. The molecule has 19 heavy (non-hydrogen) atoms. The zero-order valence-corrected chi connectivity index (χ0v) is 11.2. The van der Waals surface area contributed by atoms with E-state index in [0.717, 1.165) is 5.56 Å². The fraction of sp³-hybridized carbons (Fsp3) is 0.400. The highest BCUT2D eigenvalue weighted by Gasteiger charge is 2.35. The van der Waals surface area contributed by atoms with Crippen LogP contribution in [0.5, 0.6) is 5.75 Å². The van der Waals surface area contributed by atoms with Crippen molar-refractivity contribution in [1.29, 1.82) is 0 Å². The molecule has 2 heterocycles. The number of benzene rings is 1. The van der Waals surface area contributed by atoms with E-state index in [1.165, 1.54) is 6.07 Å². The third-order valence-electron chi connectivity index (χ3n) is 3.50. The van der Waals surface area contributed by atoms with Gasteiger partial charge in [0.2, 0.25) is 0 Å². The van der Waals surface area contributed by atoms with Crippen molar-refractivity contribution in [2.45, 2.75) is 38.9 Å². The number of hydrogen-bond donors (Lipinski definition) is 1. The predicted molar refractivity (Wildman–Crippen MR) is 71.6 cm³/mol. The van der Waals surface area contributed by atoms with Crippen molar-refractivity contribution in [2.75, 3.05) is 0 Å². The fourth-order valence-corrected chi connectivity index (χ4v) is 2.41. The lowest BCUT2D eigenvalue weighted by Gasteiger charge is -2.24. The van der Waals surface area contributed by atoms with Crippen molar-refractivity contribution in [3.05, 3.63) is 39.7 Å². The molecule has 2 aromatic rings. The average Bonchev–Trinajstić information content (AvgIpc) is 2.68. The van der Waals surface area contributed by atoms with Gasteiger partial charge in [-0.2, -0.15) is 0 Å². The summed E-state index contributed by atoms with van der Waals surface area (Å²) in [7, 11) is 0. The molecule has 0 saturated carbocycles. The number of aliphatic hydroxyl groups is 1. The minimum absolute atomic E-state index is 0.0479. The van der Waals surface area contributed by atoms with Crippen LogP contribution in [0.3, 0.4) is 0 Å². The number of aryl methyl sites for hydroxylation is 1. The topological polar surface area (TPSA) is 59.7 Å². The van der Waals surface area contributed by atoms with Gasteiger partial charge in [0.1, 0.15) is 23.2 Å². The van der Waals surface area contributed by atoms with Crippen LogP contribution in [-0.4, -0.2) is 16.8 Å². The summed E-state index contributed by atoms with van der Waals surface area (Å²) in [5.74, 6) is 1.27. The minimum Gasteiger partial charge on any atom is -0.487 e. The lowest BCUT2D eigenvalue weighted by molar-refractivity contribution is -0.0229. The van der Waals surface area contributed by atoms with Crippen LogP contribution >= 0.6 is 0 Å². The molecular formula is C15H16O4. The van der Waals surface area contributed by atoms with Crippen molar-refractivity contribution in [2.24, 2.45) is 0 Å². The van der Waals surface area contributed by atoms with E-state index >= 15 is 0 Å². The highest BCUT2D eigenvalue weighted by molar-refractivity contribution is 5.80.